The molecule has 2 rings (SSSR count). The molecule has 2 aromatic heterocycles. The summed E-state index contributed by atoms with van der Waals surface area (Å²) in [6.45, 7) is 3.30. The molecule has 0 spiro atoms. The second kappa shape index (κ2) is 5.30. The molecule has 3 N–H and O–H groups in total. The molecule has 0 aliphatic rings. The van der Waals surface area contributed by atoms with Crippen molar-refractivity contribution in [1.82, 2.24) is 14.7 Å². The molecular formula is C13H15N3O4. The van der Waals surface area contributed by atoms with Gasteiger partial charge in [0.15, 0.2) is 5.56 Å². The minimum Gasteiger partial charge on any atom is -0.493 e. The number of nitrogens with one attached hydrogen (secondary N) is 1. The lowest BCUT2D eigenvalue weighted by Gasteiger charge is -2.09. The first kappa shape index (κ1) is 14.0. The van der Waals surface area contributed by atoms with Crippen LogP contribution in [-0.4, -0.2) is 38.2 Å². The van der Waals surface area contributed by atoms with Crippen LogP contribution in [0.4, 0.5) is 0 Å². The first-order valence-electron chi connectivity index (χ1n) is 6.08. The van der Waals surface area contributed by atoms with Gasteiger partial charge in [-0.05, 0) is 31.5 Å². The molecule has 7 heteroatoms. The quantitative estimate of drug-likeness (QED) is 0.722. The highest BCUT2D eigenvalue weighted by Gasteiger charge is 2.19. The Kier molecular flexibility index (Phi) is 3.71. The monoisotopic (exact) mass is 277 g/mol. The van der Waals surface area contributed by atoms with E-state index in [1.807, 2.05) is 6.92 Å². The van der Waals surface area contributed by atoms with Gasteiger partial charge < -0.3 is 15.5 Å². The van der Waals surface area contributed by atoms with Gasteiger partial charge in [-0.15, -0.1) is 0 Å². The second-order valence-electron chi connectivity index (χ2n) is 4.61. The minimum atomic E-state index is -0.768. The molecular weight excluding hydrogens is 262 g/mol. The largest absolute Gasteiger partial charge is 0.493 e. The van der Waals surface area contributed by atoms with Crippen molar-refractivity contribution in [2.45, 2.75) is 20.0 Å². The Morgan fingerprint density at radius 1 is 1.55 bits per heavy atom. The van der Waals surface area contributed by atoms with Gasteiger partial charge in [-0.2, -0.15) is 4.98 Å². The maximum absolute atomic E-state index is 12.2. The fraction of sp³-hybridized carbons (Fsp3) is 0.308. The molecule has 0 aliphatic heterocycles. The van der Waals surface area contributed by atoms with E-state index in [2.05, 4.69) is 10.3 Å². The van der Waals surface area contributed by atoms with Crippen molar-refractivity contribution in [2.75, 3.05) is 6.54 Å². The summed E-state index contributed by atoms with van der Waals surface area (Å²) in [5.74, 6) is -1.39. The van der Waals surface area contributed by atoms with Gasteiger partial charge in [-0.25, -0.2) is 0 Å². The van der Waals surface area contributed by atoms with Crippen LogP contribution in [0.25, 0.3) is 5.65 Å². The second-order valence-corrected chi connectivity index (χ2v) is 4.61. The molecule has 2 heterocycles. The first-order valence-corrected chi connectivity index (χ1v) is 6.08. The van der Waals surface area contributed by atoms with Crippen molar-refractivity contribution < 1.29 is 15.0 Å². The Hall–Kier alpha value is -2.41. The molecule has 0 saturated heterocycles. The normalized spacial score (nSPS) is 12.3. The number of aryl methyl sites for hydroxylation is 1. The van der Waals surface area contributed by atoms with Crippen LogP contribution in [0.1, 0.15) is 22.8 Å². The molecule has 0 radical (unpaired) electrons. The number of rotatable bonds is 3. The smallest absolute Gasteiger partial charge is 0.274 e. The van der Waals surface area contributed by atoms with Crippen LogP contribution < -0.4 is 10.9 Å². The van der Waals surface area contributed by atoms with E-state index in [0.29, 0.717) is 0 Å². The molecule has 0 bridgehead atoms. The summed E-state index contributed by atoms with van der Waals surface area (Å²) in [5, 5.41) is 21.2. The van der Waals surface area contributed by atoms with E-state index in [1.54, 1.807) is 12.1 Å². The van der Waals surface area contributed by atoms with E-state index in [1.165, 1.54) is 17.5 Å². The van der Waals surface area contributed by atoms with E-state index >= 15 is 0 Å². The molecule has 20 heavy (non-hydrogen) atoms. The van der Waals surface area contributed by atoms with Gasteiger partial charge in [-0.1, -0.05) is 0 Å². The van der Waals surface area contributed by atoms with Gasteiger partial charge in [0.25, 0.3) is 11.5 Å². The van der Waals surface area contributed by atoms with Crippen LogP contribution in [-0.2, 0) is 0 Å². The van der Waals surface area contributed by atoms with Gasteiger partial charge in [0.05, 0.1) is 6.10 Å². The number of carbonyl (C=O) groups is 1. The van der Waals surface area contributed by atoms with E-state index in [9.17, 15) is 14.7 Å². The summed E-state index contributed by atoms with van der Waals surface area (Å²) < 4.78 is 1.18. The Morgan fingerprint density at radius 3 is 2.90 bits per heavy atom. The zero-order valence-electron chi connectivity index (χ0n) is 11.1. The molecule has 0 aliphatic carbocycles. The van der Waals surface area contributed by atoms with Crippen molar-refractivity contribution in [3.63, 3.8) is 0 Å². The van der Waals surface area contributed by atoms with Crippen LogP contribution in [0.3, 0.4) is 0 Å². The van der Waals surface area contributed by atoms with Crippen molar-refractivity contribution in [3.05, 3.63) is 39.8 Å². The topological polar surface area (TPSA) is 104 Å². The number of pyridine rings is 1. The van der Waals surface area contributed by atoms with Crippen molar-refractivity contribution in [2.24, 2.45) is 0 Å². The van der Waals surface area contributed by atoms with Gasteiger partial charge in [-0.3, -0.25) is 14.0 Å². The lowest BCUT2D eigenvalue weighted by Crippen LogP contribution is -2.35. The van der Waals surface area contributed by atoms with Crippen LogP contribution in [0.2, 0.25) is 0 Å². The Balaban J connectivity index is 2.52. The minimum absolute atomic E-state index is 0.0195. The zero-order valence-corrected chi connectivity index (χ0v) is 11.1. The fourth-order valence-corrected chi connectivity index (χ4v) is 1.76. The van der Waals surface area contributed by atoms with Crippen LogP contribution in [0.15, 0.2) is 23.1 Å². The number of aliphatic hydroxyl groups is 1. The lowest BCUT2D eigenvalue weighted by molar-refractivity contribution is 0.0919. The maximum atomic E-state index is 12.2. The first-order chi connectivity index (χ1) is 9.40. The molecule has 106 valence electrons. The highest BCUT2D eigenvalue weighted by molar-refractivity contribution is 5.96. The number of hydrogen-bond donors (Lipinski definition) is 3. The molecule has 2 aromatic rings. The SMILES string of the molecule is Cc1ccn2c(=O)c(C(=O)NC[C@@H](C)O)c(O)nc2c1. The van der Waals surface area contributed by atoms with E-state index in [0.717, 1.165) is 5.56 Å². The number of hydrogen-bond acceptors (Lipinski definition) is 5. The molecule has 0 saturated carbocycles. The summed E-state index contributed by atoms with van der Waals surface area (Å²) in [6.07, 6.45) is 0.741. The molecule has 1 amide bonds. The van der Waals surface area contributed by atoms with E-state index in [-0.39, 0.29) is 12.2 Å². The van der Waals surface area contributed by atoms with Gasteiger partial charge in [0, 0.05) is 12.7 Å². The number of carbonyl (C=O) groups excluding carboxylic acids is 1. The number of fused-ring (bicyclic) bond motifs is 1. The number of aliphatic hydroxyl groups excluding tert-OH is 1. The van der Waals surface area contributed by atoms with Crippen molar-refractivity contribution in [3.8, 4) is 5.88 Å². The van der Waals surface area contributed by atoms with Crippen molar-refractivity contribution in [1.29, 1.82) is 0 Å². The molecule has 0 aromatic carbocycles. The summed E-state index contributed by atoms with van der Waals surface area (Å²) in [7, 11) is 0. The maximum Gasteiger partial charge on any atom is 0.274 e. The summed E-state index contributed by atoms with van der Waals surface area (Å²) in [5.41, 5.74) is 0.0461. The third kappa shape index (κ3) is 2.62. The summed E-state index contributed by atoms with van der Waals surface area (Å²) in [6, 6.07) is 3.32. The predicted molar refractivity (Wildman–Crippen MR) is 71.9 cm³/mol. The van der Waals surface area contributed by atoms with Gasteiger partial charge in [0.1, 0.15) is 5.65 Å². The third-order valence-corrected chi connectivity index (χ3v) is 2.75. The van der Waals surface area contributed by atoms with Gasteiger partial charge in [0.2, 0.25) is 5.88 Å². The summed E-state index contributed by atoms with van der Waals surface area (Å²) in [4.78, 5) is 27.9. The number of aromatic hydroxyl groups is 1. The fourth-order valence-electron chi connectivity index (χ4n) is 1.76. The highest BCUT2D eigenvalue weighted by Crippen LogP contribution is 2.12. The molecule has 1 atom stereocenters. The number of aromatic nitrogens is 2. The predicted octanol–water partition coefficient (Wildman–Crippen LogP) is -0.181. The average molecular weight is 277 g/mol. The van der Waals surface area contributed by atoms with Crippen LogP contribution in [0, 0.1) is 6.92 Å². The van der Waals surface area contributed by atoms with Crippen LogP contribution in [0.5, 0.6) is 5.88 Å². The molecule has 0 fully saturated rings. The van der Waals surface area contributed by atoms with Crippen LogP contribution >= 0.6 is 0 Å². The number of amides is 1. The van der Waals surface area contributed by atoms with Gasteiger partial charge >= 0.3 is 0 Å². The summed E-state index contributed by atoms with van der Waals surface area (Å²) >= 11 is 0. The standard InChI is InChI=1S/C13H15N3O4/c1-7-3-4-16-9(5-7)15-12(19)10(13(16)20)11(18)14-6-8(2)17/h3-5,8,17,19H,6H2,1-2H3,(H,14,18)/t8-/m1/s1. The molecule has 0 unspecified atom stereocenters. The highest BCUT2D eigenvalue weighted by atomic mass is 16.3. The van der Waals surface area contributed by atoms with E-state index in [4.69, 9.17) is 5.11 Å². The number of nitrogens with zero attached hydrogens (tertiary/aromatic N) is 2. The Morgan fingerprint density at radius 2 is 2.25 bits per heavy atom. The molecule has 7 nitrogen and oxygen atoms in total. The Labute approximate surface area is 114 Å². The van der Waals surface area contributed by atoms with E-state index < -0.39 is 29.0 Å². The zero-order chi connectivity index (χ0) is 14.9. The Bertz CT molecular complexity index is 721. The lowest BCUT2D eigenvalue weighted by atomic mass is 10.2. The van der Waals surface area contributed by atoms with Crippen molar-refractivity contribution >= 4 is 11.6 Å². The average Bonchev–Trinajstić information content (AvgIpc) is 2.35. The third-order valence-electron chi connectivity index (χ3n) is 2.75.